The number of halogens is 1. The minimum atomic E-state index is -0.660. The fourth-order valence-corrected chi connectivity index (χ4v) is 3.35. The molecule has 1 heterocycles. The fraction of sp³-hybridized carbons (Fsp3) is 0.364. The van der Waals surface area contributed by atoms with Crippen LogP contribution < -0.4 is 30.0 Å². The number of carbonyl (C=O) groups is 2. The second-order valence-electron chi connectivity index (χ2n) is 7.01. The van der Waals surface area contributed by atoms with E-state index >= 15 is 0 Å². The molecular weight excluding hydrogens is 440 g/mol. The van der Waals surface area contributed by atoms with Crippen LogP contribution in [0.3, 0.4) is 0 Å². The molecule has 0 saturated carbocycles. The van der Waals surface area contributed by atoms with Crippen LogP contribution in [0.25, 0.3) is 0 Å². The van der Waals surface area contributed by atoms with Crippen molar-refractivity contribution in [1.29, 1.82) is 0 Å². The molecule has 32 heavy (non-hydrogen) atoms. The van der Waals surface area contributed by atoms with Crippen molar-refractivity contribution in [2.75, 3.05) is 39.4 Å². The van der Waals surface area contributed by atoms with E-state index in [0.717, 1.165) is 19.4 Å². The molecule has 10 heteroatoms. The van der Waals surface area contributed by atoms with Gasteiger partial charge in [-0.15, -0.1) is 0 Å². The van der Waals surface area contributed by atoms with Gasteiger partial charge in [0.25, 0.3) is 11.8 Å². The number of methoxy groups -OCH3 is 2. The van der Waals surface area contributed by atoms with Crippen molar-refractivity contribution in [2.24, 2.45) is 5.73 Å². The second-order valence-corrected chi connectivity index (χ2v) is 7.44. The van der Waals surface area contributed by atoms with Crippen LogP contribution in [-0.2, 0) is 9.53 Å². The SMILES string of the molecule is COc1cc(C(=O)Nc2cc(Cl)ccc2OCC2CCCO2)cc(OC)c1OCC(N)=O. The van der Waals surface area contributed by atoms with Crippen molar-refractivity contribution >= 4 is 29.1 Å². The number of hydrogen-bond acceptors (Lipinski definition) is 7. The number of hydrogen-bond donors (Lipinski definition) is 2. The summed E-state index contributed by atoms with van der Waals surface area (Å²) in [7, 11) is 2.81. The number of nitrogens with two attached hydrogens (primary N) is 1. The summed E-state index contributed by atoms with van der Waals surface area (Å²) in [6, 6.07) is 7.90. The molecule has 9 nitrogen and oxygen atoms in total. The number of carbonyl (C=O) groups excluding carboxylic acids is 2. The van der Waals surface area contributed by atoms with Gasteiger partial charge in [0, 0.05) is 17.2 Å². The third-order valence-electron chi connectivity index (χ3n) is 4.72. The van der Waals surface area contributed by atoms with Gasteiger partial charge < -0.3 is 34.7 Å². The van der Waals surface area contributed by atoms with Crippen molar-refractivity contribution in [1.82, 2.24) is 0 Å². The molecule has 1 aliphatic rings. The lowest BCUT2D eigenvalue weighted by Crippen LogP contribution is -2.21. The van der Waals surface area contributed by atoms with Crippen molar-refractivity contribution in [3.8, 4) is 23.0 Å². The van der Waals surface area contributed by atoms with E-state index in [0.29, 0.717) is 23.1 Å². The number of anilines is 1. The van der Waals surface area contributed by atoms with Gasteiger partial charge in [0.1, 0.15) is 12.4 Å². The summed E-state index contributed by atoms with van der Waals surface area (Å²) in [6.07, 6.45) is 1.95. The Hall–Kier alpha value is -3.17. The molecule has 0 spiro atoms. The van der Waals surface area contributed by atoms with E-state index in [-0.39, 0.29) is 35.5 Å². The number of ether oxygens (including phenoxy) is 5. The van der Waals surface area contributed by atoms with Gasteiger partial charge in [-0.3, -0.25) is 9.59 Å². The Morgan fingerprint density at radius 2 is 1.84 bits per heavy atom. The molecule has 1 fully saturated rings. The lowest BCUT2D eigenvalue weighted by Gasteiger charge is -2.17. The van der Waals surface area contributed by atoms with E-state index in [1.807, 2.05) is 0 Å². The van der Waals surface area contributed by atoms with Crippen molar-refractivity contribution in [3.05, 3.63) is 40.9 Å². The van der Waals surface area contributed by atoms with E-state index in [1.54, 1.807) is 18.2 Å². The zero-order chi connectivity index (χ0) is 23.1. The van der Waals surface area contributed by atoms with E-state index in [1.165, 1.54) is 26.4 Å². The number of primary amides is 1. The van der Waals surface area contributed by atoms with Crippen molar-refractivity contribution in [2.45, 2.75) is 18.9 Å². The van der Waals surface area contributed by atoms with E-state index in [9.17, 15) is 9.59 Å². The highest BCUT2D eigenvalue weighted by atomic mass is 35.5. The Kier molecular flexibility index (Phi) is 8.02. The fourth-order valence-electron chi connectivity index (χ4n) is 3.18. The lowest BCUT2D eigenvalue weighted by atomic mass is 10.1. The minimum absolute atomic E-state index is 0.0238. The van der Waals surface area contributed by atoms with E-state index in [4.69, 9.17) is 41.0 Å². The molecule has 3 rings (SSSR count). The van der Waals surface area contributed by atoms with Crippen LogP contribution in [0.5, 0.6) is 23.0 Å². The first-order chi connectivity index (χ1) is 15.4. The molecule has 3 N–H and O–H groups in total. The van der Waals surface area contributed by atoms with Crippen LogP contribution in [-0.4, -0.2) is 52.0 Å². The van der Waals surface area contributed by atoms with E-state index in [2.05, 4.69) is 5.32 Å². The maximum atomic E-state index is 13.0. The quantitative estimate of drug-likeness (QED) is 0.554. The first kappa shape index (κ1) is 23.5. The average molecular weight is 465 g/mol. The van der Waals surface area contributed by atoms with Gasteiger partial charge in [0.2, 0.25) is 5.75 Å². The minimum Gasteiger partial charge on any atom is -0.493 e. The Morgan fingerprint density at radius 3 is 2.44 bits per heavy atom. The topological polar surface area (TPSA) is 118 Å². The van der Waals surface area contributed by atoms with Crippen LogP contribution in [0.2, 0.25) is 5.02 Å². The molecule has 1 aliphatic heterocycles. The number of rotatable bonds is 10. The van der Waals surface area contributed by atoms with Crippen LogP contribution in [0.15, 0.2) is 30.3 Å². The maximum Gasteiger partial charge on any atom is 0.256 e. The van der Waals surface area contributed by atoms with Crippen molar-refractivity contribution in [3.63, 3.8) is 0 Å². The van der Waals surface area contributed by atoms with Gasteiger partial charge in [-0.1, -0.05) is 11.6 Å². The zero-order valence-electron chi connectivity index (χ0n) is 17.8. The summed E-state index contributed by atoms with van der Waals surface area (Å²) in [5, 5.41) is 3.24. The van der Waals surface area contributed by atoms with Gasteiger partial charge in [0.05, 0.1) is 26.0 Å². The molecule has 2 aromatic carbocycles. The third kappa shape index (κ3) is 5.95. The Labute approximate surface area is 190 Å². The molecule has 172 valence electrons. The Balaban J connectivity index is 1.81. The van der Waals surface area contributed by atoms with Gasteiger partial charge in [-0.2, -0.15) is 0 Å². The van der Waals surface area contributed by atoms with Crippen LogP contribution >= 0.6 is 11.6 Å². The number of amides is 2. The molecular formula is C22H25ClN2O7. The summed E-state index contributed by atoms with van der Waals surface area (Å²) < 4.78 is 27.4. The van der Waals surface area contributed by atoms with Gasteiger partial charge >= 0.3 is 0 Å². The summed E-state index contributed by atoms with van der Waals surface area (Å²) in [5.74, 6) is -0.0691. The first-order valence-corrected chi connectivity index (χ1v) is 10.3. The monoisotopic (exact) mass is 464 g/mol. The van der Waals surface area contributed by atoms with Crippen LogP contribution in [0.1, 0.15) is 23.2 Å². The van der Waals surface area contributed by atoms with Gasteiger partial charge in [0.15, 0.2) is 18.1 Å². The van der Waals surface area contributed by atoms with Crippen molar-refractivity contribution < 1.29 is 33.3 Å². The van der Waals surface area contributed by atoms with E-state index < -0.39 is 11.8 Å². The summed E-state index contributed by atoms with van der Waals surface area (Å²) >= 11 is 6.12. The predicted octanol–water partition coefficient (Wildman–Crippen LogP) is 3.03. The average Bonchev–Trinajstić information content (AvgIpc) is 3.30. The number of nitrogens with one attached hydrogen (secondary N) is 1. The Morgan fingerprint density at radius 1 is 1.12 bits per heavy atom. The molecule has 1 atom stereocenters. The highest BCUT2D eigenvalue weighted by Gasteiger charge is 2.21. The standard InChI is InChI=1S/C22H25ClN2O7/c1-28-18-8-13(9-19(29-2)21(18)32-12-20(24)26)22(27)25-16-10-14(23)5-6-17(16)31-11-15-4-3-7-30-15/h5-6,8-10,15H,3-4,7,11-12H2,1-2H3,(H2,24,26)(H,25,27). The lowest BCUT2D eigenvalue weighted by molar-refractivity contribution is -0.120. The highest BCUT2D eigenvalue weighted by molar-refractivity contribution is 6.31. The molecule has 0 radical (unpaired) electrons. The maximum absolute atomic E-state index is 13.0. The van der Waals surface area contributed by atoms with Gasteiger partial charge in [-0.25, -0.2) is 0 Å². The molecule has 2 aromatic rings. The molecule has 0 bridgehead atoms. The summed E-state index contributed by atoms with van der Waals surface area (Å²) in [4.78, 5) is 24.1. The normalized spacial score (nSPS) is 15.2. The third-order valence-corrected chi connectivity index (χ3v) is 4.96. The smallest absolute Gasteiger partial charge is 0.256 e. The number of benzene rings is 2. The first-order valence-electron chi connectivity index (χ1n) is 9.93. The molecule has 1 saturated heterocycles. The predicted molar refractivity (Wildman–Crippen MR) is 118 cm³/mol. The second kappa shape index (κ2) is 10.9. The summed E-state index contributed by atoms with van der Waals surface area (Å²) in [6.45, 7) is 0.727. The highest BCUT2D eigenvalue weighted by Crippen LogP contribution is 2.39. The molecule has 1 unspecified atom stereocenters. The molecule has 2 amide bonds. The molecule has 0 aromatic heterocycles. The molecule has 0 aliphatic carbocycles. The Bertz CT molecular complexity index is 952. The summed E-state index contributed by atoms with van der Waals surface area (Å²) in [5.41, 5.74) is 5.78. The van der Waals surface area contributed by atoms with Crippen LogP contribution in [0.4, 0.5) is 5.69 Å². The zero-order valence-corrected chi connectivity index (χ0v) is 18.6. The largest absolute Gasteiger partial charge is 0.493 e. The van der Waals surface area contributed by atoms with Gasteiger partial charge in [-0.05, 0) is 43.2 Å². The van der Waals surface area contributed by atoms with Crippen LogP contribution in [0, 0.1) is 0 Å².